The Morgan fingerprint density at radius 3 is 2.40 bits per heavy atom. The molecule has 1 aliphatic heterocycles. The van der Waals surface area contributed by atoms with Gasteiger partial charge in [0.05, 0.1) is 23.1 Å². The topological polar surface area (TPSA) is 102 Å². The van der Waals surface area contributed by atoms with Gasteiger partial charge in [0.15, 0.2) is 0 Å². The van der Waals surface area contributed by atoms with Crippen molar-refractivity contribution in [2.45, 2.75) is 19.9 Å². The zero-order valence-corrected chi connectivity index (χ0v) is 16.5. The van der Waals surface area contributed by atoms with Crippen LogP contribution in [0.1, 0.15) is 23.0 Å². The number of hydrogen-bond donors (Lipinski definition) is 0. The Kier molecular flexibility index (Phi) is 5.50. The molecule has 0 spiro atoms. The minimum absolute atomic E-state index is 0.0748. The van der Waals surface area contributed by atoms with Gasteiger partial charge in [0, 0.05) is 26.2 Å². The van der Waals surface area contributed by atoms with E-state index in [1.165, 1.54) is 23.1 Å². The minimum Gasteiger partial charge on any atom is -0.338 e. The van der Waals surface area contributed by atoms with Gasteiger partial charge in [0.1, 0.15) is 18.7 Å². The van der Waals surface area contributed by atoms with Gasteiger partial charge in [-0.3, -0.25) is 9.59 Å². The Labute approximate surface area is 171 Å². The highest BCUT2D eigenvalue weighted by molar-refractivity contribution is 5.95. The molecule has 2 aromatic heterocycles. The molecule has 0 atom stereocenters. The first kappa shape index (κ1) is 19.7. The summed E-state index contributed by atoms with van der Waals surface area (Å²) in [6.45, 7) is 3.78. The fourth-order valence-electron chi connectivity index (χ4n) is 3.52. The van der Waals surface area contributed by atoms with Crippen molar-refractivity contribution >= 4 is 11.8 Å². The van der Waals surface area contributed by atoms with Crippen molar-refractivity contribution in [1.29, 1.82) is 0 Å². The molecule has 30 heavy (non-hydrogen) atoms. The van der Waals surface area contributed by atoms with Crippen molar-refractivity contribution in [3.8, 4) is 5.69 Å². The van der Waals surface area contributed by atoms with Gasteiger partial charge in [0.2, 0.25) is 5.91 Å². The molecule has 1 aromatic carbocycles. The lowest BCUT2D eigenvalue weighted by molar-refractivity contribution is -0.133. The second-order valence-corrected chi connectivity index (χ2v) is 6.93. The molecule has 4 rings (SSSR count). The molecule has 156 valence electrons. The van der Waals surface area contributed by atoms with E-state index in [0.29, 0.717) is 43.9 Å². The first-order chi connectivity index (χ1) is 14.6. The number of amides is 2. The van der Waals surface area contributed by atoms with Gasteiger partial charge in [-0.05, 0) is 41.1 Å². The lowest BCUT2D eigenvalue weighted by atomic mass is 10.1. The fraction of sp³-hybridized carbons (Fsp3) is 0.368. The van der Waals surface area contributed by atoms with Crippen LogP contribution in [0.5, 0.6) is 0 Å². The summed E-state index contributed by atoms with van der Waals surface area (Å²) in [5.74, 6) is -0.534. The molecule has 0 N–H and O–H groups in total. The van der Waals surface area contributed by atoms with Gasteiger partial charge in [0.25, 0.3) is 5.91 Å². The number of aromatic nitrogens is 6. The Morgan fingerprint density at radius 1 is 1.07 bits per heavy atom. The third-order valence-electron chi connectivity index (χ3n) is 5.11. The highest BCUT2D eigenvalue weighted by Crippen LogP contribution is 2.19. The van der Waals surface area contributed by atoms with E-state index in [1.807, 2.05) is 6.92 Å². The zero-order valence-electron chi connectivity index (χ0n) is 16.5. The Hall–Kier alpha value is -3.63. The fourth-order valence-corrected chi connectivity index (χ4v) is 3.52. The molecule has 1 aliphatic rings. The van der Waals surface area contributed by atoms with Crippen molar-refractivity contribution in [3.63, 3.8) is 0 Å². The van der Waals surface area contributed by atoms with E-state index in [4.69, 9.17) is 0 Å². The van der Waals surface area contributed by atoms with Crippen LogP contribution in [0.4, 0.5) is 4.39 Å². The Bertz CT molecular complexity index is 1020. The van der Waals surface area contributed by atoms with Gasteiger partial charge in [-0.15, -0.1) is 5.10 Å². The number of rotatable bonds is 5. The van der Waals surface area contributed by atoms with E-state index < -0.39 is 0 Å². The van der Waals surface area contributed by atoms with E-state index >= 15 is 0 Å². The van der Waals surface area contributed by atoms with Crippen LogP contribution in [0.15, 0.2) is 36.8 Å². The Balaban J connectivity index is 1.43. The summed E-state index contributed by atoms with van der Waals surface area (Å²) < 4.78 is 16.3. The number of hydrogen-bond acceptors (Lipinski definition) is 6. The van der Waals surface area contributed by atoms with Crippen LogP contribution in [0.25, 0.3) is 5.69 Å². The SMILES string of the molecule is CCc1c(C(=O)N2CCN(C(=O)Cn3cnnn3)CC2)cnn1-c1ccc(F)cc1. The number of carbonyl (C=O) groups excluding carboxylic acids is 2. The summed E-state index contributed by atoms with van der Waals surface area (Å²) in [7, 11) is 0. The van der Waals surface area contributed by atoms with E-state index in [-0.39, 0.29) is 24.2 Å². The number of halogens is 1. The second kappa shape index (κ2) is 8.39. The van der Waals surface area contributed by atoms with Gasteiger partial charge >= 0.3 is 0 Å². The quantitative estimate of drug-likeness (QED) is 0.606. The van der Waals surface area contributed by atoms with Crippen molar-refractivity contribution in [3.05, 3.63) is 53.9 Å². The van der Waals surface area contributed by atoms with E-state index in [0.717, 1.165) is 5.69 Å². The molecule has 0 unspecified atom stereocenters. The normalized spacial score (nSPS) is 14.2. The molecule has 10 nitrogen and oxygen atoms in total. The molecule has 3 aromatic rings. The smallest absolute Gasteiger partial charge is 0.257 e. The van der Waals surface area contributed by atoms with Crippen LogP contribution >= 0.6 is 0 Å². The average Bonchev–Trinajstić information content (AvgIpc) is 3.43. The molecular formula is C19H21FN8O2. The van der Waals surface area contributed by atoms with E-state index in [1.54, 1.807) is 32.8 Å². The standard InChI is InChI=1S/C19H21FN8O2/c1-2-17-16(11-22-28(17)15-5-3-14(20)4-6-15)19(30)26-9-7-25(8-10-26)18(29)12-27-13-21-23-24-27/h3-6,11,13H,2,7-10,12H2,1H3. The van der Waals surface area contributed by atoms with E-state index in [2.05, 4.69) is 20.6 Å². The summed E-state index contributed by atoms with van der Waals surface area (Å²) in [6, 6.07) is 5.99. The van der Waals surface area contributed by atoms with Crippen LogP contribution in [0.2, 0.25) is 0 Å². The maximum Gasteiger partial charge on any atom is 0.257 e. The number of tetrazole rings is 1. The molecule has 0 saturated carbocycles. The predicted molar refractivity (Wildman–Crippen MR) is 103 cm³/mol. The van der Waals surface area contributed by atoms with Crippen molar-refractivity contribution in [2.24, 2.45) is 0 Å². The third-order valence-corrected chi connectivity index (χ3v) is 5.11. The maximum absolute atomic E-state index is 13.2. The largest absolute Gasteiger partial charge is 0.338 e. The second-order valence-electron chi connectivity index (χ2n) is 6.93. The molecule has 2 amide bonds. The minimum atomic E-state index is -0.326. The van der Waals surface area contributed by atoms with Crippen LogP contribution < -0.4 is 0 Å². The van der Waals surface area contributed by atoms with Crippen LogP contribution in [-0.4, -0.2) is 77.8 Å². The first-order valence-electron chi connectivity index (χ1n) is 9.67. The van der Waals surface area contributed by atoms with E-state index in [9.17, 15) is 14.0 Å². The maximum atomic E-state index is 13.2. The average molecular weight is 412 g/mol. The van der Waals surface area contributed by atoms with Gasteiger partial charge in [-0.1, -0.05) is 6.92 Å². The predicted octanol–water partition coefficient (Wildman–Crippen LogP) is 0.545. The molecule has 0 aliphatic carbocycles. The first-order valence-corrected chi connectivity index (χ1v) is 9.67. The number of carbonyl (C=O) groups is 2. The summed E-state index contributed by atoms with van der Waals surface area (Å²) >= 11 is 0. The lowest BCUT2D eigenvalue weighted by Crippen LogP contribution is -2.51. The zero-order chi connectivity index (χ0) is 21.1. The van der Waals surface area contributed by atoms with Gasteiger partial charge in [-0.25, -0.2) is 13.8 Å². The van der Waals surface area contributed by atoms with Crippen molar-refractivity contribution < 1.29 is 14.0 Å². The summed E-state index contributed by atoms with van der Waals surface area (Å²) in [4.78, 5) is 28.9. The third kappa shape index (κ3) is 3.91. The molecule has 1 saturated heterocycles. The molecule has 11 heteroatoms. The Morgan fingerprint density at radius 2 is 1.77 bits per heavy atom. The highest BCUT2D eigenvalue weighted by atomic mass is 19.1. The van der Waals surface area contributed by atoms with Crippen molar-refractivity contribution in [2.75, 3.05) is 26.2 Å². The summed E-state index contributed by atoms with van der Waals surface area (Å²) in [5.41, 5.74) is 1.99. The van der Waals surface area contributed by atoms with Gasteiger partial charge in [-0.2, -0.15) is 5.10 Å². The highest BCUT2D eigenvalue weighted by Gasteiger charge is 2.27. The van der Waals surface area contributed by atoms with Crippen LogP contribution in [-0.2, 0) is 17.8 Å². The lowest BCUT2D eigenvalue weighted by Gasteiger charge is -2.34. The summed E-state index contributed by atoms with van der Waals surface area (Å²) in [5, 5.41) is 15.1. The summed E-state index contributed by atoms with van der Waals surface area (Å²) in [6.07, 6.45) is 3.55. The molecular weight excluding hydrogens is 391 g/mol. The van der Waals surface area contributed by atoms with Crippen molar-refractivity contribution in [1.82, 2.24) is 39.8 Å². The van der Waals surface area contributed by atoms with Gasteiger partial charge < -0.3 is 9.80 Å². The van der Waals surface area contributed by atoms with Crippen LogP contribution in [0.3, 0.4) is 0 Å². The molecule has 0 bridgehead atoms. The molecule has 3 heterocycles. The number of nitrogens with zero attached hydrogens (tertiary/aromatic N) is 8. The molecule has 0 radical (unpaired) electrons. The number of piperazine rings is 1. The number of benzene rings is 1. The molecule has 1 fully saturated rings. The van der Waals surface area contributed by atoms with Crippen LogP contribution in [0, 0.1) is 5.82 Å². The monoisotopic (exact) mass is 412 g/mol.